The Bertz CT molecular complexity index is 850. The Morgan fingerprint density at radius 3 is 2.62 bits per heavy atom. The first kappa shape index (κ1) is 16.5. The second kappa shape index (κ2) is 6.62. The second-order valence-corrected chi connectivity index (χ2v) is 7.21. The molecule has 0 aliphatic carbocycles. The minimum absolute atomic E-state index is 0.0924. The molecule has 0 radical (unpaired) electrons. The van der Waals surface area contributed by atoms with Gasteiger partial charge in [0, 0.05) is 12.2 Å². The van der Waals surface area contributed by atoms with Crippen molar-refractivity contribution in [2.45, 2.75) is 17.9 Å². The zero-order chi connectivity index (χ0) is 17.2. The number of anilines is 1. The minimum Gasteiger partial charge on any atom is -0.459 e. The molecule has 0 bridgehead atoms. The van der Waals surface area contributed by atoms with E-state index >= 15 is 0 Å². The van der Waals surface area contributed by atoms with Crippen LogP contribution in [0.15, 0.2) is 53.4 Å². The van der Waals surface area contributed by atoms with E-state index in [1.54, 1.807) is 12.1 Å². The maximum atomic E-state index is 12.0. The van der Waals surface area contributed by atoms with Crippen LogP contribution in [0.25, 0.3) is 0 Å². The van der Waals surface area contributed by atoms with Crippen molar-refractivity contribution >= 4 is 21.7 Å². The van der Waals surface area contributed by atoms with E-state index in [1.165, 1.54) is 6.07 Å². The molecule has 0 fully saturated rings. The number of esters is 1. The van der Waals surface area contributed by atoms with Crippen LogP contribution in [0.2, 0.25) is 0 Å². The summed E-state index contributed by atoms with van der Waals surface area (Å²) in [6.07, 6.45) is 0.671. The molecule has 3 rings (SSSR count). The third-order valence-electron chi connectivity index (χ3n) is 3.93. The average Bonchev–Trinajstić information content (AvgIpc) is 2.95. The van der Waals surface area contributed by atoms with Gasteiger partial charge in [-0.1, -0.05) is 30.3 Å². The molecule has 1 aliphatic heterocycles. The number of hydrogen-bond donors (Lipinski definition) is 1. The van der Waals surface area contributed by atoms with Crippen LogP contribution in [0.1, 0.15) is 11.1 Å². The molecule has 0 atom stereocenters. The first-order valence-electron chi connectivity index (χ1n) is 7.54. The SMILES string of the molecule is NS(=O)(=O)c1ccc2c(c1)CCN2CC(=O)OCc1ccccc1. The average molecular weight is 346 g/mol. The maximum Gasteiger partial charge on any atom is 0.325 e. The van der Waals surface area contributed by atoms with Crippen LogP contribution in [0.5, 0.6) is 0 Å². The van der Waals surface area contributed by atoms with Crippen LogP contribution in [0.3, 0.4) is 0 Å². The number of sulfonamides is 1. The van der Waals surface area contributed by atoms with Gasteiger partial charge in [0.1, 0.15) is 13.2 Å². The Morgan fingerprint density at radius 2 is 1.92 bits per heavy atom. The summed E-state index contributed by atoms with van der Waals surface area (Å²) >= 11 is 0. The molecule has 0 unspecified atom stereocenters. The van der Waals surface area contributed by atoms with Crippen molar-refractivity contribution < 1.29 is 17.9 Å². The second-order valence-electron chi connectivity index (χ2n) is 5.65. The number of benzene rings is 2. The number of nitrogens with two attached hydrogens (primary N) is 1. The van der Waals surface area contributed by atoms with E-state index in [9.17, 15) is 13.2 Å². The Morgan fingerprint density at radius 1 is 1.17 bits per heavy atom. The first-order valence-corrected chi connectivity index (χ1v) is 9.08. The largest absolute Gasteiger partial charge is 0.459 e. The molecule has 0 saturated carbocycles. The van der Waals surface area contributed by atoms with E-state index in [1.807, 2.05) is 35.2 Å². The highest BCUT2D eigenvalue weighted by molar-refractivity contribution is 7.89. The molecule has 2 aromatic rings. The van der Waals surface area contributed by atoms with Gasteiger partial charge in [-0.05, 0) is 35.7 Å². The fourth-order valence-electron chi connectivity index (χ4n) is 2.73. The number of fused-ring (bicyclic) bond motifs is 1. The molecule has 0 saturated heterocycles. The fraction of sp³-hybridized carbons (Fsp3) is 0.235. The van der Waals surface area contributed by atoms with Gasteiger partial charge in [-0.3, -0.25) is 4.79 Å². The van der Waals surface area contributed by atoms with Crippen LogP contribution < -0.4 is 10.0 Å². The van der Waals surface area contributed by atoms with Gasteiger partial charge >= 0.3 is 5.97 Å². The number of carbonyl (C=O) groups is 1. The van der Waals surface area contributed by atoms with Gasteiger partial charge in [-0.2, -0.15) is 0 Å². The minimum atomic E-state index is -3.71. The highest BCUT2D eigenvalue weighted by Gasteiger charge is 2.23. The van der Waals surface area contributed by atoms with Gasteiger partial charge in [0.15, 0.2) is 0 Å². The van der Waals surface area contributed by atoms with Gasteiger partial charge in [0.05, 0.1) is 4.90 Å². The summed E-state index contributed by atoms with van der Waals surface area (Å²) in [6.45, 7) is 1.02. The van der Waals surface area contributed by atoms with Crippen LogP contribution in [-0.2, 0) is 32.6 Å². The van der Waals surface area contributed by atoms with Gasteiger partial charge in [-0.15, -0.1) is 0 Å². The molecular formula is C17H18N2O4S. The summed E-state index contributed by atoms with van der Waals surface area (Å²) in [5.74, 6) is -0.317. The zero-order valence-corrected chi connectivity index (χ0v) is 13.8. The highest BCUT2D eigenvalue weighted by atomic mass is 32.2. The van der Waals surface area contributed by atoms with Crippen molar-refractivity contribution in [2.75, 3.05) is 18.0 Å². The monoisotopic (exact) mass is 346 g/mol. The van der Waals surface area contributed by atoms with E-state index in [2.05, 4.69) is 0 Å². The number of rotatable bonds is 5. The standard InChI is InChI=1S/C17H18N2O4S/c18-24(21,22)15-6-7-16-14(10-15)8-9-19(16)11-17(20)23-12-13-4-2-1-3-5-13/h1-7,10H,8-9,11-12H2,(H2,18,21,22). The van der Waals surface area contributed by atoms with Gasteiger partial charge in [-0.25, -0.2) is 13.6 Å². The van der Waals surface area contributed by atoms with Crippen molar-refractivity contribution in [1.29, 1.82) is 0 Å². The van der Waals surface area contributed by atoms with E-state index in [0.29, 0.717) is 13.0 Å². The number of ether oxygens (including phenoxy) is 1. The molecule has 7 heteroatoms. The lowest BCUT2D eigenvalue weighted by Gasteiger charge is -2.18. The van der Waals surface area contributed by atoms with Gasteiger partial charge < -0.3 is 9.64 Å². The third kappa shape index (κ3) is 3.74. The zero-order valence-electron chi connectivity index (χ0n) is 13.0. The van der Waals surface area contributed by atoms with Crippen LogP contribution in [0.4, 0.5) is 5.69 Å². The quantitative estimate of drug-likeness (QED) is 0.828. The Hall–Kier alpha value is -2.38. The van der Waals surface area contributed by atoms with Crippen molar-refractivity contribution in [3.8, 4) is 0 Å². The molecule has 0 aromatic heterocycles. The molecule has 0 amide bonds. The lowest BCUT2D eigenvalue weighted by molar-refractivity contribution is -0.143. The summed E-state index contributed by atoms with van der Waals surface area (Å²) in [5, 5.41) is 5.15. The van der Waals surface area contributed by atoms with Crippen molar-refractivity contribution in [3.63, 3.8) is 0 Å². The van der Waals surface area contributed by atoms with Crippen LogP contribution in [-0.4, -0.2) is 27.5 Å². The smallest absolute Gasteiger partial charge is 0.325 e. The summed E-state index contributed by atoms with van der Waals surface area (Å²) in [5.41, 5.74) is 2.65. The van der Waals surface area contributed by atoms with Gasteiger partial charge in [0.25, 0.3) is 0 Å². The normalized spacial score (nSPS) is 13.6. The van der Waals surface area contributed by atoms with E-state index in [0.717, 1.165) is 16.8 Å². The summed E-state index contributed by atoms with van der Waals surface area (Å²) in [6, 6.07) is 14.2. The molecule has 2 aromatic carbocycles. The Labute approximate surface area is 140 Å². The number of hydrogen-bond acceptors (Lipinski definition) is 5. The third-order valence-corrected chi connectivity index (χ3v) is 4.84. The Balaban J connectivity index is 1.63. The lowest BCUT2D eigenvalue weighted by atomic mass is 10.2. The van der Waals surface area contributed by atoms with E-state index in [4.69, 9.17) is 9.88 Å². The van der Waals surface area contributed by atoms with Crippen LogP contribution >= 0.6 is 0 Å². The molecule has 2 N–H and O–H groups in total. The number of carbonyl (C=O) groups excluding carboxylic acids is 1. The fourth-order valence-corrected chi connectivity index (χ4v) is 3.29. The highest BCUT2D eigenvalue weighted by Crippen LogP contribution is 2.29. The van der Waals surface area contributed by atoms with Crippen molar-refractivity contribution in [3.05, 3.63) is 59.7 Å². The molecule has 1 aliphatic rings. The molecular weight excluding hydrogens is 328 g/mol. The topological polar surface area (TPSA) is 89.7 Å². The van der Waals surface area contributed by atoms with Crippen molar-refractivity contribution in [1.82, 2.24) is 0 Å². The molecule has 24 heavy (non-hydrogen) atoms. The van der Waals surface area contributed by atoms with Gasteiger partial charge in [0.2, 0.25) is 10.0 Å². The number of primary sulfonamides is 1. The summed E-state index contributed by atoms with van der Waals surface area (Å²) in [4.78, 5) is 14.0. The first-order chi connectivity index (χ1) is 11.4. The lowest BCUT2D eigenvalue weighted by Crippen LogP contribution is -2.29. The summed E-state index contributed by atoms with van der Waals surface area (Å²) in [7, 11) is -3.71. The number of nitrogens with zero attached hydrogens (tertiary/aromatic N) is 1. The molecule has 6 nitrogen and oxygen atoms in total. The predicted octanol–water partition coefficient (Wildman–Crippen LogP) is 1.44. The van der Waals surface area contributed by atoms with E-state index < -0.39 is 10.0 Å². The molecule has 0 spiro atoms. The molecule has 126 valence electrons. The predicted molar refractivity (Wildman–Crippen MR) is 90.0 cm³/mol. The summed E-state index contributed by atoms with van der Waals surface area (Å²) < 4.78 is 28.1. The Kier molecular flexibility index (Phi) is 4.55. The maximum absolute atomic E-state index is 12.0. The van der Waals surface area contributed by atoms with Crippen LogP contribution in [0, 0.1) is 0 Å². The van der Waals surface area contributed by atoms with E-state index in [-0.39, 0.29) is 24.0 Å². The van der Waals surface area contributed by atoms with Crippen molar-refractivity contribution in [2.24, 2.45) is 5.14 Å². The molecule has 1 heterocycles.